The maximum Gasteiger partial charge on any atom is 0.247 e. The van der Waals surface area contributed by atoms with E-state index in [1.165, 1.54) is 12.8 Å². The molecule has 6 nitrogen and oxygen atoms in total. The molecule has 6 heteroatoms. The molecule has 25 heavy (non-hydrogen) atoms. The van der Waals surface area contributed by atoms with Gasteiger partial charge < -0.3 is 20.5 Å². The first-order chi connectivity index (χ1) is 12.0. The van der Waals surface area contributed by atoms with Crippen LogP contribution in [0.5, 0.6) is 0 Å². The second-order valence-electron chi connectivity index (χ2n) is 7.34. The number of benzene rings is 1. The summed E-state index contributed by atoms with van der Waals surface area (Å²) in [5.74, 6) is 0.277. The summed E-state index contributed by atoms with van der Waals surface area (Å²) in [6.45, 7) is 7.67. The third kappa shape index (κ3) is 4.27. The third-order valence-electron chi connectivity index (χ3n) is 4.78. The van der Waals surface area contributed by atoms with Crippen molar-refractivity contribution in [3.63, 3.8) is 0 Å². The Morgan fingerprint density at radius 1 is 1.28 bits per heavy atom. The maximum atomic E-state index is 12.4. The topological polar surface area (TPSA) is 76.2 Å². The predicted octanol–water partition coefficient (Wildman–Crippen LogP) is 2.35. The molecule has 1 aliphatic heterocycles. The minimum atomic E-state index is -0.705. The Labute approximate surface area is 149 Å². The predicted molar refractivity (Wildman–Crippen MR) is 99.2 cm³/mol. The molecule has 0 bridgehead atoms. The Morgan fingerprint density at radius 3 is 2.64 bits per heavy atom. The molecule has 1 fully saturated rings. The fourth-order valence-electron chi connectivity index (χ4n) is 3.30. The SMILES string of the molecule is CC(C)(CN1CCCC1)n1cnc(NC(=O)[C@@H](N)c2ccccc2)c1. The van der Waals surface area contributed by atoms with Crippen LogP contribution in [-0.2, 0) is 10.3 Å². The zero-order chi connectivity index (χ0) is 17.9. The van der Waals surface area contributed by atoms with Gasteiger partial charge in [-0.1, -0.05) is 30.3 Å². The molecule has 2 aromatic rings. The van der Waals surface area contributed by atoms with Gasteiger partial charge in [0.05, 0.1) is 11.9 Å². The van der Waals surface area contributed by atoms with E-state index >= 15 is 0 Å². The molecule has 2 heterocycles. The molecule has 1 atom stereocenters. The van der Waals surface area contributed by atoms with Crippen molar-refractivity contribution >= 4 is 11.7 Å². The number of nitrogens with two attached hydrogens (primary N) is 1. The van der Waals surface area contributed by atoms with Crippen molar-refractivity contribution in [2.75, 3.05) is 25.0 Å². The molecule has 1 aromatic heterocycles. The Balaban J connectivity index is 1.63. The second-order valence-corrected chi connectivity index (χ2v) is 7.34. The van der Waals surface area contributed by atoms with Gasteiger partial charge in [-0.3, -0.25) is 4.79 Å². The van der Waals surface area contributed by atoms with Gasteiger partial charge in [0.2, 0.25) is 5.91 Å². The van der Waals surface area contributed by atoms with Crippen LogP contribution in [0, 0.1) is 0 Å². The zero-order valence-corrected chi connectivity index (χ0v) is 15.0. The number of likely N-dealkylation sites (tertiary alicyclic amines) is 1. The number of carbonyl (C=O) groups is 1. The fourth-order valence-corrected chi connectivity index (χ4v) is 3.30. The van der Waals surface area contributed by atoms with Gasteiger partial charge in [-0.25, -0.2) is 4.98 Å². The zero-order valence-electron chi connectivity index (χ0n) is 15.0. The van der Waals surface area contributed by atoms with Gasteiger partial charge in [-0.2, -0.15) is 0 Å². The molecule has 0 spiro atoms. The molecular formula is C19H27N5O. The Hall–Kier alpha value is -2.18. The lowest BCUT2D eigenvalue weighted by Crippen LogP contribution is -2.39. The van der Waals surface area contributed by atoms with Crippen molar-refractivity contribution in [2.45, 2.75) is 38.3 Å². The third-order valence-corrected chi connectivity index (χ3v) is 4.78. The summed E-state index contributed by atoms with van der Waals surface area (Å²) in [5, 5.41) is 2.82. The van der Waals surface area contributed by atoms with Crippen LogP contribution < -0.4 is 11.1 Å². The quantitative estimate of drug-likeness (QED) is 0.846. The summed E-state index contributed by atoms with van der Waals surface area (Å²) in [4.78, 5) is 19.2. The lowest BCUT2D eigenvalue weighted by molar-refractivity contribution is -0.117. The average molecular weight is 341 g/mol. The van der Waals surface area contributed by atoms with Gasteiger partial charge in [0.25, 0.3) is 0 Å². The number of amides is 1. The van der Waals surface area contributed by atoms with Crippen molar-refractivity contribution in [2.24, 2.45) is 5.73 Å². The highest BCUT2D eigenvalue weighted by molar-refractivity contribution is 5.94. The number of anilines is 1. The molecule has 0 aliphatic carbocycles. The molecular weight excluding hydrogens is 314 g/mol. The number of carbonyl (C=O) groups excluding carboxylic acids is 1. The van der Waals surface area contributed by atoms with Crippen molar-refractivity contribution in [1.82, 2.24) is 14.5 Å². The molecule has 0 saturated carbocycles. The van der Waals surface area contributed by atoms with E-state index in [1.807, 2.05) is 36.5 Å². The lowest BCUT2D eigenvalue weighted by Gasteiger charge is -2.31. The van der Waals surface area contributed by atoms with Crippen LogP contribution >= 0.6 is 0 Å². The van der Waals surface area contributed by atoms with Crippen LogP contribution in [0.25, 0.3) is 0 Å². The average Bonchev–Trinajstić information content (AvgIpc) is 3.27. The van der Waals surface area contributed by atoms with Gasteiger partial charge in [-0.15, -0.1) is 0 Å². The van der Waals surface area contributed by atoms with Crippen molar-refractivity contribution in [3.8, 4) is 0 Å². The van der Waals surface area contributed by atoms with Gasteiger partial charge >= 0.3 is 0 Å². The van der Waals surface area contributed by atoms with Crippen molar-refractivity contribution < 1.29 is 4.79 Å². The van der Waals surface area contributed by atoms with Gasteiger partial charge in [0.15, 0.2) is 5.82 Å². The molecule has 1 saturated heterocycles. The van der Waals surface area contributed by atoms with E-state index in [9.17, 15) is 4.79 Å². The number of aromatic nitrogens is 2. The molecule has 3 rings (SSSR count). The number of nitrogens with zero attached hydrogens (tertiary/aromatic N) is 3. The number of nitrogens with one attached hydrogen (secondary N) is 1. The highest BCUT2D eigenvalue weighted by Gasteiger charge is 2.26. The van der Waals surface area contributed by atoms with Crippen LogP contribution in [0.2, 0.25) is 0 Å². The molecule has 134 valence electrons. The van der Waals surface area contributed by atoms with E-state index in [1.54, 1.807) is 6.33 Å². The summed E-state index contributed by atoms with van der Waals surface area (Å²) >= 11 is 0. The van der Waals surface area contributed by atoms with Gasteiger partial charge in [-0.05, 0) is 45.3 Å². The van der Waals surface area contributed by atoms with Crippen LogP contribution in [0.15, 0.2) is 42.9 Å². The number of hydrogen-bond acceptors (Lipinski definition) is 4. The summed E-state index contributed by atoms with van der Waals surface area (Å²) in [7, 11) is 0. The van der Waals surface area contributed by atoms with Gasteiger partial charge in [0, 0.05) is 12.7 Å². The number of imidazole rings is 1. The van der Waals surface area contributed by atoms with Crippen molar-refractivity contribution in [1.29, 1.82) is 0 Å². The van der Waals surface area contributed by atoms with E-state index < -0.39 is 6.04 Å². The first kappa shape index (κ1) is 17.6. The highest BCUT2D eigenvalue weighted by atomic mass is 16.2. The Morgan fingerprint density at radius 2 is 1.96 bits per heavy atom. The molecule has 1 aromatic carbocycles. The normalized spacial score (nSPS) is 16.8. The van der Waals surface area contributed by atoms with E-state index in [-0.39, 0.29) is 11.4 Å². The van der Waals surface area contributed by atoms with Crippen LogP contribution in [0.3, 0.4) is 0 Å². The molecule has 3 N–H and O–H groups in total. The summed E-state index contributed by atoms with van der Waals surface area (Å²) < 4.78 is 2.06. The van der Waals surface area contributed by atoms with E-state index in [0.29, 0.717) is 5.82 Å². The highest BCUT2D eigenvalue weighted by Crippen LogP contribution is 2.22. The van der Waals surface area contributed by atoms with E-state index in [4.69, 9.17) is 5.73 Å². The lowest BCUT2D eigenvalue weighted by atomic mass is 10.1. The molecule has 1 aliphatic rings. The minimum absolute atomic E-state index is 0.0815. The maximum absolute atomic E-state index is 12.4. The van der Waals surface area contributed by atoms with Crippen molar-refractivity contribution in [3.05, 3.63) is 48.4 Å². The Kier molecular flexibility index (Phi) is 5.20. The smallest absolute Gasteiger partial charge is 0.247 e. The van der Waals surface area contributed by atoms with Crippen LogP contribution in [0.1, 0.15) is 38.3 Å². The fraction of sp³-hybridized carbons (Fsp3) is 0.474. The summed E-state index contributed by atoms with van der Waals surface area (Å²) in [6, 6.07) is 8.64. The largest absolute Gasteiger partial charge is 0.328 e. The monoisotopic (exact) mass is 341 g/mol. The van der Waals surface area contributed by atoms with Gasteiger partial charge in [0.1, 0.15) is 6.04 Å². The first-order valence-corrected chi connectivity index (χ1v) is 8.84. The summed E-state index contributed by atoms with van der Waals surface area (Å²) in [6.07, 6.45) is 6.21. The number of hydrogen-bond donors (Lipinski definition) is 2. The van der Waals surface area contributed by atoms with Crippen LogP contribution in [-0.4, -0.2) is 40.0 Å². The summed E-state index contributed by atoms with van der Waals surface area (Å²) in [5.41, 5.74) is 6.74. The number of rotatable bonds is 6. The van der Waals surface area contributed by atoms with Crippen LogP contribution in [0.4, 0.5) is 5.82 Å². The molecule has 0 unspecified atom stereocenters. The van der Waals surface area contributed by atoms with E-state index in [2.05, 4.69) is 33.6 Å². The molecule has 0 radical (unpaired) electrons. The first-order valence-electron chi connectivity index (χ1n) is 8.84. The standard InChI is InChI=1S/C19H27N5O/c1-19(2,13-23-10-6-7-11-23)24-12-16(21-14-24)22-18(25)17(20)15-8-4-3-5-9-15/h3-5,8-9,12,14,17H,6-7,10-11,13,20H2,1-2H3,(H,22,25)/t17-/m0/s1. The minimum Gasteiger partial charge on any atom is -0.328 e. The second kappa shape index (κ2) is 7.37. The Bertz CT molecular complexity index is 704. The molecule has 1 amide bonds. The van der Waals surface area contributed by atoms with E-state index in [0.717, 1.165) is 25.2 Å².